The van der Waals surface area contributed by atoms with Gasteiger partial charge < -0.3 is 10.1 Å². The Morgan fingerprint density at radius 1 is 1.17 bits per heavy atom. The largest absolute Gasteiger partial charge is 0.466 e. The van der Waals surface area contributed by atoms with Gasteiger partial charge in [0, 0.05) is 6.54 Å². The highest BCUT2D eigenvalue weighted by molar-refractivity contribution is 5.76. The number of hydrogen-bond acceptors (Lipinski definition) is 3. The smallest absolute Gasteiger partial charge is 0.311 e. The standard InChI is InChI=1S/C20H23NO2/c1-3-23-19(22)18-13-16-11-7-8-12-17(16)20(18,2)21-14-15-9-5-4-6-10-15/h4-12,18,21H,3,13-14H2,1-2H3. The fourth-order valence-corrected chi connectivity index (χ4v) is 3.48. The van der Waals surface area contributed by atoms with Gasteiger partial charge in [-0.05, 0) is 37.0 Å². The lowest BCUT2D eigenvalue weighted by atomic mass is 9.85. The summed E-state index contributed by atoms with van der Waals surface area (Å²) in [6, 6.07) is 18.6. The van der Waals surface area contributed by atoms with Crippen molar-refractivity contribution in [3.63, 3.8) is 0 Å². The van der Waals surface area contributed by atoms with Crippen molar-refractivity contribution in [2.24, 2.45) is 5.92 Å². The van der Waals surface area contributed by atoms with E-state index in [1.807, 2.05) is 37.3 Å². The average Bonchev–Trinajstić information content (AvgIpc) is 2.88. The van der Waals surface area contributed by atoms with Gasteiger partial charge in [-0.1, -0.05) is 54.6 Å². The van der Waals surface area contributed by atoms with E-state index in [2.05, 4.69) is 36.5 Å². The quantitative estimate of drug-likeness (QED) is 0.860. The number of ether oxygens (including phenoxy) is 1. The lowest BCUT2D eigenvalue weighted by Crippen LogP contribution is -2.46. The Morgan fingerprint density at radius 2 is 1.87 bits per heavy atom. The molecule has 1 aliphatic rings. The summed E-state index contributed by atoms with van der Waals surface area (Å²) in [6.45, 7) is 5.11. The summed E-state index contributed by atoms with van der Waals surface area (Å²) in [4.78, 5) is 12.5. The minimum atomic E-state index is -0.404. The molecule has 2 aromatic rings. The molecule has 0 aliphatic heterocycles. The van der Waals surface area contributed by atoms with Crippen LogP contribution in [0.25, 0.3) is 0 Å². The first-order valence-corrected chi connectivity index (χ1v) is 8.19. The van der Waals surface area contributed by atoms with Gasteiger partial charge in [-0.25, -0.2) is 0 Å². The van der Waals surface area contributed by atoms with E-state index in [9.17, 15) is 4.79 Å². The topological polar surface area (TPSA) is 38.3 Å². The molecule has 3 nitrogen and oxygen atoms in total. The van der Waals surface area contributed by atoms with Crippen LogP contribution in [0, 0.1) is 5.92 Å². The first-order valence-electron chi connectivity index (χ1n) is 8.19. The van der Waals surface area contributed by atoms with Crippen molar-refractivity contribution >= 4 is 5.97 Å². The van der Waals surface area contributed by atoms with E-state index < -0.39 is 5.54 Å². The Balaban J connectivity index is 1.88. The minimum absolute atomic E-state index is 0.119. The molecule has 1 aliphatic carbocycles. The van der Waals surface area contributed by atoms with Gasteiger partial charge in [0.2, 0.25) is 0 Å². The van der Waals surface area contributed by atoms with E-state index in [0.717, 1.165) is 13.0 Å². The monoisotopic (exact) mass is 309 g/mol. The van der Waals surface area contributed by atoms with Crippen molar-refractivity contribution in [3.05, 3.63) is 71.3 Å². The fourth-order valence-electron chi connectivity index (χ4n) is 3.48. The lowest BCUT2D eigenvalue weighted by Gasteiger charge is -2.33. The normalized spacial score (nSPS) is 22.6. The molecule has 0 heterocycles. The van der Waals surface area contributed by atoms with Crippen LogP contribution in [-0.4, -0.2) is 12.6 Å². The Morgan fingerprint density at radius 3 is 2.61 bits per heavy atom. The molecule has 3 heteroatoms. The van der Waals surface area contributed by atoms with E-state index >= 15 is 0 Å². The van der Waals surface area contributed by atoms with Crippen molar-refractivity contribution in [2.75, 3.05) is 6.61 Å². The third-order valence-corrected chi connectivity index (χ3v) is 4.77. The van der Waals surface area contributed by atoms with Crippen molar-refractivity contribution in [1.82, 2.24) is 5.32 Å². The van der Waals surface area contributed by atoms with Crippen molar-refractivity contribution in [2.45, 2.75) is 32.4 Å². The lowest BCUT2D eigenvalue weighted by molar-refractivity contribution is -0.150. The highest BCUT2D eigenvalue weighted by Gasteiger charge is 2.47. The van der Waals surface area contributed by atoms with Gasteiger partial charge in [0.15, 0.2) is 0 Å². The molecule has 0 saturated carbocycles. The molecule has 1 N–H and O–H groups in total. The molecule has 0 amide bonds. The number of fused-ring (bicyclic) bond motifs is 1. The number of hydrogen-bond donors (Lipinski definition) is 1. The molecule has 2 aromatic carbocycles. The average molecular weight is 309 g/mol. The van der Waals surface area contributed by atoms with Crippen LogP contribution in [0.3, 0.4) is 0 Å². The summed E-state index contributed by atoms with van der Waals surface area (Å²) in [7, 11) is 0. The molecule has 0 saturated heterocycles. The molecule has 2 atom stereocenters. The van der Waals surface area contributed by atoms with Gasteiger partial charge in [0.25, 0.3) is 0 Å². The number of carbonyl (C=O) groups excluding carboxylic acids is 1. The van der Waals surface area contributed by atoms with Gasteiger partial charge in [0.05, 0.1) is 18.1 Å². The summed E-state index contributed by atoms with van der Waals surface area (Å²) >= 11 is 0. The summed E-state index contributed by atoms with van der Waals surface area (Å²) in [5.74, 6) is -0.310. The second-order valence-corrected chi connectivity index (χ2v) is 6.21. The van der Waals surface area contributed by atoms with Crippen LogP contribution in [0.4, 0.5) is 0 Å². The van der Waals surface area contributed by atoms with E-state index in [1.54, 1.807) is 0 Å². The number of esters is 1. The van der Waals surface area contributed by atoms with Crippen LogP contribution in [0.15, 0.2) is 54.6 Å². The first kappa shape index (κ1) is 15.8. The molecule has 0 bridgehead atoms. The summed E-state index contributed by atoms with van der Waals surface area (Å²) in [5, 5.41) is 3.62. The Bertz CT molecular complexity index is 683. The van der Waals surface area contributed by atoms with Gasteiger partial charge in [-0.2, -0.15) is 0 Å². The highest BCUT2D eigenvalue weighted by Crippen LogP contribution is 2.42. The zero-order valence-electron chi connectivity index (χ0n) is 13.7. The van der Waals surface area contributed by atoms with Crippen LogP contribution in [0.5, 0.6) is 0 Å². The van der Waals surface area contributed by atoms with Gasteiger partial charge in [0.1, 0.15) is 0 Å². The molecule has 0 spiro atoms. The number of carbonyl (C=O) groups is 1. The van der Waals surface area contributed by atoms with Crippen molar-refractivity contribution in [1.29, 1.82) is 0 Å². The van der Waals surface area contributed by atoms with Crippen LogP contribution in [0.1, 0.15) is 30.5 Å². The third kappa shape index (κ3) is 3.02. The molecule has 3 rings (SSSR count). The summed E-state index contributed by atoms with van der Waals surface area (Å²) in [6.07, 6.45) is 0.729. The second kappa shape index (κ2) is 6.55. The fraction of sp³-hybridized carbons (Fsp3) is 0.350. The molecule has 23 heavy (non-hydrogen) atoms. The zero-order valence-corrected chi connectivity index (χ0v) is 13.7. The van der Waals surface area contributed by atoms with E-state index in [-0.39, 0.29) is 11.9 Å². The van der Waals surface area contributed by atoms with Crippen LogP contribution in [0.2, 0.25) is 0 Å². The second-order valence-electron chi connectivity index (χ2n) is 6.21. The number of benzene rings is 2. The maximum Gasteiger partial charge on any atom is 0.311 e. The summed E-state index contributed by atoms with van der Waals surface area (Å²) < 4.78 is 5.33. The van der Waals surface area contributed by atoms with Gasteiger partial charge in [-0.3, -0.25) is 4.79 Å². The predicted molar refractivity (Wildman–Crippen MR) is 90.9 cm³/mol. The predicted octanol–water partition coefficient (Wildman–Crippen LogP) is 3.43. The Labute approximate surface area is 137 Å². The zero-order chi connectivity index (χ0) is 16.3. The van der Waals surface area contributed by atoms with Crippen LogP contribution in [-0.2, 0) is 28.0 Å². The Hall–Kier alpha value is -2.13. The van der Waals surface area contributed by atoms with Crippen LogP contribution >= 0.6 is 0 Å². The Kier molecular flexibility index (Phi) is 4.49. The van der Waals surface area contributed by atoms with Crippen molar-refractivity contribution in [3.8, 4) is 0 Å². The maximum absolute atomic E-state index is 12.5. The molecule has 0 fully saturated rings. The third-order valence-electron chi connectivity index (χ3n) is 4.77. The van der Waals surface area contributed by atoms with Gasteiger partial charge in [-0.15, -0.1) is 0 Å². The summed E-state index contributed by atoms with van der Waals surface area (Å²) in [5.41, 5.74) is 3.24. The molecule has 120 valence electrons. The van der Waals surface area contributed by atoms with Crippen LogP contribution < -0.4 is 5.32 Å². The SMILES string of the molecule is CCOC(=O)C1Cc2ccccc2C1(C)NCc1ccccc1. The van der Waals surface area contributed by atoms with Crippen molar-refractivity contribution < 1.29 is 9.53 Å². The molecular formula is C20H23NO2. The molecule has 0 radical (unpaired) electrons. The number of nitrogens with one attached hydrogen (secondary N) is 1. The minimum Gasteiger partial charge on any atom is -0.466 e. The molecular weight excluding hydrogens is 286 g/mol. The maximum atomic E-state index is 12.5. The van der Waals surface area contributed by atoms with E-state index in [1.165, 1.54) is 16.7 Å². The molecule has 0 aromatic heterocycles. The van der Waals surface area contributed by atoms with E-state index in [0.29, 0.717) is 6.61 Å². The highest BCUT2D eigenvalue weighted by atomic mass is 16.5. The first-order chi connectivity index (χ1) is 11.1. The number of rotatable bonds is 5. The van der Waals surface area contributed by atoms with E-state index in [4.69, 9.17) is 4.74 Å². The van der Waals surface area contributed by atoms with Gasteiger partial charge >= 0.3 is 5.97 Å². The molecule has 2 unspecified atom stereocenters.